The molecule has 0 radical (unpaired) electrons. The van der Waals surface area contributed by atoms with Crippen molar-refractivity contribution in [3.05, 3.63) is 69.8 Å². The highest BCUT2D eigenvalue weighted by Crippen LogP contribution is 2.38. The van der Waals surface area contributed by atoms with Gasteiger partial charge in [-0.3, -0.25) is 9.98 Å². The lowest BCUT2D eigenvalue weighted by atomic mass is 9.90. The van der Waals surface area contributed by atoms with Crippen LogP contribution in [0.25, 0.3) is 0 Å². The largest absolute Gasteiger partial charge is 0.253 e. The Hall–Kier alpha value is -2.22. The summed E-state index contributed by atoms with van der Waals surface area (Å²) in [5.41, 5.74) is 9.51. The maximum atomic E-state index is 5.26. The molecule has 2 nitrogen and oxygen atoms in total. The summed E-state index contributed by atoms with van der Waals surface area (Å²) in [5.74, 6) is 0. The first-order valence-corrected chi connectivity index (χ1v) is 9.82. The summed E-state index contributed by atoms with van der Waals surface area (Å²) in [4.78, 5) is 10.5. The van der Waals surface area contributed by atoms with E-state index in [0.717, 1.165) is 24.3 Å². The summed E-state index contributed by atoms with van der Waals surface area (Å²) in [5, 5.41) is 0. The van der Waals surface area contributed by atoms with Gasteiger partial charge in [0.25, 0.3) is 0 Å². The molecule has 1 aliphatic carbocycles. The molecule has 26 heavy (non-hydrogen) atoms. The molecule has 1 aliphatic heterocycles. The number of hydrogen-bond donors (Lipinski definition) is 0. The van der Waals surface area contributed by atoms with E-state index in [1.54, 1.807) is 0 Å². The third-order valence-electron chi connectivity index (χ3n) is 5.51. The molecular formula is C24H28N2. The Labute approximate surface area is 157 Å². The van der Waals surface area contributed by atoms with Gasteiger partial charge in [-0.15, -0.1) is 0 Å². The van der Waals surface area contributed by atoms with Crippen molar-refractivity contribution >= 4 is 11.4 Å². The van der Waals surface area contributed by atoms with Crippen molar-refractivity contribution in [1.82, 2.24) is 0 Å². The molecule has 1 spiro atoms. The third-order valence-corrected chi connectivity index (χ3v) is 5.51. The molecule has 0 unspecified atom stereocenters. The molecule has 0 N–H and O–H groups in total. The van der Waals surface area contributed by atoms with Gasteiger partial charge < -0.3 is 0 Å². The molecule has 4 rings (SSSR count). The maximum Gasteiger partial charge on any atom is 0.151 e. The van der Waals surface area contributed by atoms with Crippen molar-refractivity contribution in [3.8, 4) is 0 Å². The van der Waals surface area contributed by atoms with E-state index < -0.39 is 0 Å². The van der Waals surface area contributed by atoms with Crippen LogP contribution in [-0.2, 0) is 0 Å². The van der Waals surface area contributed by atoms with Crippen LogP contribution >= 0.6 is 0 Å². The van der Waals surface area contributed by atoms with E-state index in [1.807, 2.05) is 0 Å². The Morgan fingerprint density at radius 1 is 0.577 bits per heavy atom. The fourth-order valence-electron chi connectivity index (χ4n) is 4.51. The molecule has 2 aromatic carbocycles. The normalized spacial score (nSPS) is 18.8. The van der Waals surface area contributed by atoms with Gasteiger partial charge in [-0.2, -0.15) is 0 Å². The SMILES string of the molecule is Cc1cc(C)cc(C2=NC3(CCCCC3)N=C2c2cc(C)cc(C)c2)c1. The molecule has 1 fully saturated rings. The molecule has 0 aromatic heterocycles. The van der Waals surface area contributed by atoms with Gasteiger partial charge in [0.2, 0.25) is 0 Å². The van der Waals surface area contributed by atoms with E-state index in [0.29, 0.717) is 0 Å². The lowest BCUT2D eigenvalue weighted by molar-refractivity contribution is 0.316. The number of benzene rings is 2. The zero-order valence-corrected chi connectivity index (χ0v) is 16.4. The van der Waals surface area contributed by atoms with Gasteiger partial charge in [-0.05, 0) is 77.6 Å². The second-order valence-electron chi connectivity index (χ2n) is 8.22. The minimum absolute atomic E-state index is 0.224. The van der Waals surface area contributed by atoms with Crippen molar-refractivity contribution in [3.63, 3.8) is 0 Å². The lowest BCUT2D eigenvalue weighted by Crippen LogP contribution is -2.25. The highest BCUT2D eigenvalue weighted by Gasteiger charge is 2.38. The van der Waals surface area contributed by atoms with E-state index in [9.17, 15) is 0 Å². The van der Waals surface area contributed by atoms with Crippen LogP contribution in [0.4, 0.5) is 0 Å². The van der Waals surface area contributed by atoms with E-state index in [-0.39, 0.29) is 5.66 Å². The van der Waals surface area contributed by atoms with Gasteiger partial charge in [-0.25, -0.2) is 0 Å². The lowest BCUT2D eigenvalue weighted by Gasteiger charge is -2.27. The predicted octanol–water partition coefficient (Wildman–Crippen LogP) is 5.87. The Morgan fingerprint density at radius 2 is 0.962 bits per heavy atom. The van der Waals surface area contributed by atoms with Crippen molar-refractivity contribution in [2.45, 2.75) is 65.5 Å². The fourth-order valence-corrected chi connectivity index (χ4v) is 4.51. The number of aliphatic imine (C=N–C) groups is 2. The molecule has 1 saturated carbocycles. The Kier molecular flexibility index (Phi) is 4.30. The second kappa shape index (κ2) is 6.50. The average Bonchev–Trinajstić information content (AvgIpc) is 2.93. The van der Waals surface area contributed by atoms with Gasteiger partial charge in [0.1, 0.15) is 0 Å². The Balaban J connectivity index is 1.88. The van der Waals surface area contributed by atoms with E-state index in [2.05, 4.69) is 64.1 Å². The molecule has 0 saturated heterocycles. The fraction of sp³-hybridized carbons (Fsp3) is 0.417. The summed E-state index contributed by atoms with van der Waals surface area (Å²) in [6.45, 7) is 8.65. The van der Waals surface area contributed by atoms with Gasteiger partial charge in [-0.1, -0.05) is 40.8 Å². The maximum absolute atomic E-state index is 5.26. The summed E-state index contributed by atoms with van der Waals surface area (Å²) >= 11 is 0. The van der Waals surface area contributed by atoms with Gasteiger partial charge in [0, 0.05) is 11.1 Å². The number of aryl methyl sites for hydroxylation is 4. The predicted molar refractivity (Wildman–Crippen MR) is 111 cm³/mol. The summed E-state index contributed by atoms with van der Waals surface area (Å²) < 4.78 is 0. The van der Waals surface area contributed by atoms with Crippen molar-refractivity contribution in [2.75, 3.05) is 0 Å². The number of hydrogen-bond acceptors (Lipinski definition) is 2. The summed E-state index contributed by atoms with van der Waals surface area (Å²) in [6.07, 6.45) is 5.93. The molecule has 2 heteroatoms. The van der Waals surface area contributed by atoms with Crippen molar-refractivity contribution < 1.29 is 0 Å². The summed E-state index contributed by atoms with van der Waals surface area (Å²) in [7, 11) is 0. The number of rotatable bonds is 2. The molecule has 0 amide bonds. The highest BCUT2D eigenvalue weighted by atomic mass is 15.1. The van der Waals surface area contributed by atoms with Crippen LogP contribution in [0.1, 0.15) is 65.5 Å². The smallest absolute Gasteiger partial charge is 0.151 e. The first-order chi connectivity index (χ1) is 12.4. The van der Waals surface area contributed by atoms with Crippen LogP contribution in [0.15, 0.2) is 46.4 Å². The van der Waals surface area contributed by atoms with Crippen LogP contribution < -0.4 is 0 Å². The van der Waals surface area contributed by atoms with E-state index >= 15 is 0 Å². The van der Waals surface area contributed by atoms with E-state index in [4.69, 9.17) is 9.98 Å². The van der Waals surface area contributed by atoms with Crippen LogP contribution in [0.3, 0.4) is 0 Å². The van der Waals surface area contributed by atoms with Gasteiger partial charge in [0.15, 0.2) is 5.66 Å². The van der Waals surface area contributed by atoms with Crippen LogP contribution in [0.2, 0.25) is 0 Å². The minimum Gasteiger partial charge on any atom is -0.253 e. The second-order valence-corrected chi connectivity index (χ2v) is 8.22. The first-order valence-electron chi connectivity index (χ1n) is 9.82. The van der Waals surface area contributed by atoms with Crippen molar-refractivity contribution in [1.29, 1.82) is 0 Å². The molecule has 2 aromatic rings. The van der Waals surface area contributed by atoms with Crippen LogP contribution in [0.5, 0.6) is 0 Å². The highest BCUT2D eigenvalue weighted by molar-refractivity contribution is 6.54. The van der Waals surface area contributed by atoms with Crippen molar-refractivity contribution in [2.24, 2.45) is 9.98 Å². The molecule has 0 bridgehead atoms. The standard InChI is InChI=1S/C24H28N2/c1-16-10-17(2)13-20(12-16)22-23(21-14-18(3)11-19(4)15-21)26-24(25-22)8-6-5-7-9-24/h10-15H,5-9H2,1-4H3. The first kappa shape index (κ1) is 17.2. The monoisotopic (exact) mass is 344 g/mol. The molecule has 0 atom stereocenters. The third kappa shape index (κ3) is 3.25. The van der Waals surface area contributed by atoms with Gasteiger partial charge in [0.05, 0.1) is 11.4 Å². The van der Waals surface area contributed by atoms with E-state index in [1.165, 1.54) is 52.6 Å². The average molecular weight is 345 g/mol. The quantitative estimate of drug-likeness (QED) is 0.650. The minimum atomic E-state index is -0.224. The molecule has 2 aliphatic rings. The zero-order chi connectivity index (χ0) is 18.3. The Morgan fingerprint density at radius 3 is 1.35 bits per heavy atom. The molecule has 134 valence electrons. The topological polar surface area (TPSA) is 24.7 Å². The summed E-state index contributed by atoms with van der Waals surface area (Å²) in [6, 6.07) is 13.5. The zero-order valence-electron chi connectivity index (χ0n) is 16.4. The Bertz CT molecular complexity index is 802. The van der Waals surface area contributed by atoms with Crippen LogP contribution in [0, 0.1) is 27.7 Å². The number of nitrogens with zero attached hydrogens (tertiary/aromatic N) is 2. The molecule has 1 heterocycles. The van der Waals surface area contributed by atoms with Crippen LogP contribution in [-0.4, -0.2) is 17.1 Å². The molecular weight excluding hydrogens is 316 g/mol. The van der Waals surface area contributed by atoms with Gasteiger partial charge >= 0.3 is 0 Å².